The molecular formula is C9H16BrN. The molecule has 0 atom stereocenters. The molecule has 2 rings (SSSR count). The molecule has 0 aliphatic heterocycles. The number of halogens is 1. The van der Waals surface area contributed by atoms with Crippen molar-refractivity contribution in [1.82, 2.24) is 4.90 Å². The summed E-state index contributed by atoms with van der Waals surface area (Å²) in [5.74, 6) is 1.06. The fourth-order valence-corrected chi connectivity index (χ4v) is 2.06. The van der Waals surface area contributed by atoms with Gasteiger partial charge >= 0.3 is 0 Å². The minimum absolute atomic E-state index is 0.966. The van der Waals surface area contributed by atoms with E-state index < -0.39 is 0 Å². The number of hydrogen-bond donors (Lipinski definition) is 0. The molecule has 0 aromatic rings. The third-order valence-corrected chi connectivity index (χ3v) is 2.98. The smallest absolute Gasteiger partial charge is 0.0159 e. The minimum atomic E-state index is 0.966. The van der Waals surface area contributed by atoms with Crippen molar-refractivity contribution in [1.29, 1.82) is 0 Å². The quantitative estimate of drug-likeness (QED) is 0.640. The summed E-state index contributed by atoms with van der Waals surface area (Å²) < 4.78 is 0. The van der Waals surface area contributed by atoms with Crippen molar-refractivity contribution in [2.45, 2.75) is 31.7 Å². The summed E-state index contributed by atoms with van der Waals surface area (Å²) in [5, 5.41) is 1.15. The molecule has 0 bridgehead atoms. The number of alkyl halides is 1. The highest BCUT2D eigenvalue weighted by atomic mass is 79.9. The highest BCUT2D eigenvalue weighted by Crippen LogP contribution is 2.34. The summed E-state index contributed by atoms with van der Waals surface area (Å²) in [6, 6.07) is 0.966. The van der Waals surface area contributed by atoms with Gasteiger partial charge in [-0.05, 0) is 31.6 Å². The van der Waals surface area contributed by atoms with Crippen LogP contribution < -0.4 is 0 Å². The molecule has 0 saturated heterocycles. The first-order valence-corrected chi connectivity index (χ1v) is 5.82. The molecular weight excluding hydrogens is 202 g/mol. The maximum Gasteiger partial charge on any atom is 0.0159 e. The third-order valence-electron chi connectivity index (χ3n) is 2.62. The van der Waals surface area contributed by atoms with Gasteiger partial charge in [-0.15, -0.1) is 0 Å². The monoisotopic (exact) mass is 217 g/mol. The van der Waals surface area contributed by atoms with Gasteiger partial charge in [0.1, 0.15) is 0 Å². The zero-order chi connectivity index (χ0) is 7.68. The molecule has 11 heavy (non-hydrogen) atoms. The maximum atomic E-state index is 3.51. The predicted octanol–water partition coefficient (Wildman–Crippen LogP) is 2.26. The van der Waals surface area contributed by atoms with E-state index >= 15 is 0 Å². The molecule has 2 fully saturated rings. The molecule has 0 aromatic carbocycles. The van der Waals surface area contributed by atoms with Crippen molar-refractivity contribution in [2.75, 3.05) is 18.4 Å². The Hall–Kier alpha value is 0.440. The highest BCUT2D eigenvalue weighted by molar-refractivity contribution is 9.09. The second-order valence-electron chi connectivity index (χ2n) is 3.86. The Morgan fingerprint density at radius 1 is 1.18 bits per heavy atom. The zero-order valence-corrected chi connectivity index (χ0v) is 8.52. The average molecular weight is 218 g/mol. The largest absolute Gasteiger partial charge is 0.299 e. The van der Waals surface area contributed by atoms with Crippen LogP contribution in [0.4, 0.5) is 0 Å². The van der Waals surface area contributed by atoms with E-state index in [4.69, 9.17) is 0 Å². The number of hydrogen-bond acceptors (Lipinski definition) is 1. The van der Waals surface area contributed by atoms with Crippen LogP contribution in [-0.2, 0) is 0 Å². The molecule has 0 aromatic heterocycles. The first-order chi connectivity index (χ1) is 5.40. The first kappa shape index (κ1) is 8.06. The fraction of sp³-hybridized carbons (Fsp3) is 1.00. The second kappa shape index (κ2) is 3.44. The molecule has 64 valence electrons. The molecule has 0 amide bonds. The molecule has 2 heteroatoms. The predicted molar refractivity (Wildman–Crippen MR) is 51.1 cm³/mol. The topological polar surface area (TPSA) is 3.24 Å². The molecule has 0 spiro atoms. The van der Waals surface area contributed by atoms with Crippen LogP contribution in [0.1, 0.15) is 25.7 Å². The fourth-order valence-electron chi connectivity index (χ4n) is 1.60. The van der Waals surface area contributed by atoms with Gasteiger partial charge < -0.3 is 0 Å². The Balaban J connectivity index is 1.72. The standard InChI is InChI=1S/C9H16BrN/c10-5-6-11(9-3-4-9)7-8-1-2-8/h8-9H,1-7H2. The Morgan fingerprint density at radius 2 is 1.91 bits per heavy atom. The SMILES string of the molecule is BrCCN(CC1CC1)C1CC1. The van der Waals surface area contributed by atoms with Gasteiger partial charge in [0.05, 0.1) is 0 Å². The lowest BCUT2D eigenvalue weighted by Gasteiger charge is -2.20. The van der Waals surface area contributed by atoms with Crippen molar-refractivity contribution in [3.8, 4) is 0 Å². The van der Waals surface area contributed by atoms with Crippen LogP contribution in [0.15, 0.2) is 0 Å². The summed E-state index contributed by atoms with van der Waals surface area (Å²) in [5.41, 5.74) is 0. The molecule has 2 aliphatic carbocycles. The van der Waals surface area contributed by atoms with Gasteiger partial charge in [-0.2, -0.15) is 0 Å². The normalized spacial score (nSPS) is 24.5. The van der Waals surface area contributed by atoms with Gasteiger partial charge in [-0.1, -0.05) is 15.9 Å². The Bertz CT molecular complexity index is 130. The summed E-state index contributed by atoms with van der Waals surface area (Å²) in [6.07, 6.45) is 5.90. The van der Waals surface area contributed by atoms with Crippen molar-refractivity contribution in [3.63, 3.8) is 0 Å². The van der Waals surface area contributed by atoms with E-state index in [2.05, 4.69) is 20.8 Å². The van der Waals surface area contributed by atoms with E-state index in [9.17, 15) is 0 Å². The van der Waals surface area contributed by atoms with Gasteiger partial charge in [0, 0.05) is 24.5 Å². The van der Waals surface area contributed by atoms with Crippen molar-refractivity contribution in [3.05, 3.63) is 0 Å². The zero-order valence-electron chi connectivity index (χ0n) is 6.93. The van der Waals surface area contributed by atoms with E-state index in [-0.39, 0.29) is 0 Å². The summed E-state index contributed by atoms with van der Waals surface area (Å²) in [6.45, 7) is 2.65. The second-order valence-corrected chi connectivity index (χ2v) is 4.65. The lowest BCUT2D eigenvalue weighted by molar-refractivity contribution is 0.269. The Morgan fingerprint density at radius 3 is 2.36 bits per heavy atom. The van der Waals surface area contributed by atoms with E-state index in [1.165, 1.54) is 38.8 Å². The van der Waals surface area contributed by atoms with Crippen LogP contribution in [0, 0.1) is 5.92 Å². The van der Waals surface area contributed by atoms with E-state index in [0.29, 0.717) is 0 Å². The van der Waals surface area contributed by atoms with Crippen molar-refractivity contribution in [2.24, 2.45) is 5.92 Å². The van der Waals surface area contributed by atoms with Gasteiger partial charge in [0.15, 0.2) is 0 Å². The lowest BCUT2D eigenvalue weighted by atomic mass is 10.3. The molecule has 2 saturated carbocycles. The molecule has 1 nitrogen and oxygen atoms in total. The van der Waals surface area contributed by atoms with Crippen LogP contribution in [0.2, 0.25) is 0 Å². The van der Waals surface area contributed by atoms with Gasteiger partial charge in [-0.3, -0.25) is 4.90 Å². The maximum absolute atomic E-state index is 3.51. The molecule has 0 heterocycles. The minimum Gasteiger partial charge on any atom is -0.299 e. The van der Waals surface area contributed by atoms with E-state index in [1.54, 1.807) is 0 Å². The van der Waals surface area contributed by atoms with Gasteiger partial charge in [0.25, 0.3) is 0 Å². The van der Waals surface area contributed by atoms with Crippen LogP contribution in [-0.4, -0.2) is 29.4 Å². The summed E-state index contributed by atoms with van der Waals surface area (Å²) >= 11 is 3.51. The van der Waals surface area contributed by atoms with E-state index in [1.807, 2.05) is 0 Å². The van der Waals surface area contributed by atoms with Crippen LogP contribution in [0.25, 0.3) is 0 Å². The highest BCUT2D eigenvalue weighted by Gasteiger charge is 2.32. The number of nitrogens with zero attached hydrogens (tertiary/aromatic N) is 1. The Labute approximate surface area is 77.3 Å². The van der Waals surface area contributed by atoms with Gasteiger partial charge in [-0.25, -0.2) is 0 Å². The van der Waals surface area contributed by atoms with Crippen LogP contribution >= 0.6 is 15.9 Å². The third kappa shape index (κ3) is 2.45. The molecule has 2 aliphatic rings. The van der Waals surface area contributed by atoms with E-state index in [0.717, 1.165) is 17.3 Å². The molecule has 0 N–H and O–H groups in total. The lowest BCUT2D eigenvalue weighted by Crippen LogP contribution is -2.30. The van der Waals surface area contributed by atoms with Gasteiger partial charge in [0.2, 0.25) is 0 Å². The first-order valence-electron chi connectivity index (χ1n) is 4.70. The summed E-state index contributed by atoms with van der Waals surface area (Å²) in [7, 11) is 0. The Kier molecular flexibility index (Phi) is 2.52. The van der Waals surface area contributed by atoms with Crippen LogP contribution in [0.3, 0.4) is 0 Å². The average Bonchev–Trinajstić information content (AvgIpc) is 2.84. The van der Waals surface area contributed by atoms with Crippen molar-refractivity contribution < 1.29 is 0 Å². The molecule has 0 unspecified atom stereocenters. The molecule has 0 radical (unpaired) electrons. The van der Waals surface area contributed by atoms with Crippen LogP contribution in [0.5, 0.6) is 0 Å². The number of rotatable bonds is 5. The summed E-state index contributed by atoms with van der Waals surface area (Å²) in [4.78, 5) is 2.67. The van der Waals surface area contributed by atoms with Crippen molar-refractivity contribution >= 4 is 15.9 Å².